The highest BCUT2D eigenvalue weighted by Gasteiger charge is 2.49. The number of hydrogen-bond donors (Lipinski definition) is 1. The number of fused-ring (bicyclic) bond motifs is 2. The van der Waals surface area contributed by atoms with Crippen LogP contribution in [-0.4, -0.2) is 24.7 Å². The predicted octanol–water partition coefficient (Wildman–Crippen LogP) is 1.18. The summed E-state index contributed by atoms with van der Waals surface area (Å²) in [4.78, 5) is 11.8. The molecule has 3 nitrogen and oxygen atoms in total. The number of nitrogens with one attached hydrogen (secondary N) is 1. The lowest BCUT2D eigenvalue weighted by Gasteiger charge is -2.48. The summed E-state index contributed by atoms with van der Waals surface area (Å²) in [5.41, 5.74) is -0.339. The number of carbonyl (C=O) groups excluding carboxylic acids is 1. The first-order valence-corrected chi connectivity index (χ1v) is 5.41. The lowest BCUT2D eigenvalue weighted by atomic mass is 9.62. The molecule has 0 radical (unpaired) electrons. The first-order valence-electron chi connectivity index (χ1n) is 5.41. The van der Waals surface area contributed by atoms with Gasteiger partial charge in [0.25, 0.3) is 0 Å². The molecular weight excluding hydrogens is 178 g/mol. The Kier molecular flexibility index (Phi) is 2.30. The Morgan fingerprint density at radius 3 is 2.29 bits per heavy atom. The minimum atomic E-state index is -0.339. The van der Waals surface area contributed by atoms with Gasteiger partial charge in [0.05, 0.1) is 5.92 Å². The Bertz CT molecular complexity index is 230. The van der Waals surface area contributed by atoms with Gasteiger partial charge in [0.15, 0.2) is 0 Å². The fourth-order valence-corrected chi connectivity index (χ4v) is 2.50. The smallest absolute Gasteiger partial charge is 0.310 e. The van der Waals surface area contributed by atoms with Crippen molar-refractivity contribution >= 4 is 5.97 Å². The van der Waals surface area contributed by atoms with Gasteiger partial charge in [0.1, 0.15) is 5.60 Å². The summed E-state index contributed by atoms with van der Waals surface area (Å²) in [6, 6.07) is 0. The third-order valence-electron chi connectivity index (χ3n) is 3.11. The molecule has 2 aliphatic heterocycles. The number of rotatable bonds is 1. The topological polar surface area (TPSA) is 38.3 Å². The lowest BCUT2D eigenvalue weighted by Crippen LogP contribution is -2.57. The molecule has 3 atom stereocenters. The van der Waals surface area contributed by atoms with Crippen LogP contribution in [0.5, 0.6) is 0 Å². The van der Waals surface area contributed by atoms with Gasteiger partial charge in [0.2, 0.25) is 0 Å². The van der Waals surface area contributed by atoms with Crippen LogP contribution >= 0.6 is 0 Å². The van der Waals surface area contributed by atoms with Gasteiger partial charge in [-0.05, 0) is 52.1 Å². The number of piperidine rings is 2. The Hall–Kier alpha value is -0.570. The van der Waals surface area contributed by atoms with E-state index in [1.807, 2.05) is 20.8 Å². The number of hydrogen-bond acceptors (Lipinski definition) is 3. The van der Waals surface area contributed by atoms with E-state index in [0.717, 1.165) is 13.1 Å². The maximum Gasteiger partial charge on any atom is 0.310 e. The second-order valence-electron chi connectivity index (χ2n) is 5.47. The normalized spacial score (nSPS) is 36.1. The van der Waals surface area contributed by atoms with E-state index in [1.54, 1.807) is 0 Å². The quantitative estimate of drug-likeness (QED) is 0.642. The van der Waals surface area contributed by atoms with Crippen LogP contribution in [0.3, 0.4) is 0 Å². The highest BCUT2D eigenvalue weighted by atomic mass is 16.6. The van der Waals surface area contributed by atoms with Crippen LogP contribution in [0, 0.1) is 17.8 Å². The molecule has 3 rings (SSSR count). The molecule has 1 aliphatic carbocycles. The standard InChI is InChI=1S/C11H19NO2/c1-11(2,3)14-10(13)9-7-4-8(9)6-12-5-7/h7-9,12H,4-6H2,1-3H3/t7-,8+,9?. The van der Waals surface area contributed by atoms with E-state index in [4.69, 9.17) is 4.74 Å². The molecule has 2 heterocycles. The van der Waals surface area contributed by atoms with Crippen molar-refractivity contribution in [3.05, 3.63) is 0 Å². The molecule has 1 N–H and O–H groups in total. The molecule has 0 spiro atoms. The Balaban J connectivity index is 1.93. The summed E-state index contributed by atoms with van der Waals surface area (Å²) < 4.78 is 5.41. The van der Waals surface area contributed by atoms with Gasteiger partial charge < -0.3 is 10.1 Å². The van der Waals surface area contributed by atoms with E-state index < -0.39 is 0 Å². The van der Waals surface area contributed by atoms with Gasteiger partial charge in [-0.15, -0.1) is 0 Å². The van der Waals surface area contributed by atoms with Gasteiger partial charge in [-0.3, -0.25) is 4.79 Å². The van der Waals surface area contributed by atoms with Crippen molar-refractivity contribution in [3.8, 4) is 0 Å². The van der Waals surface area contributed by atoms with E-state index >= 15 is 0 Å². The largest absolute Gasteiger partial charge is 0.460 e. The van der Waals surface area contributed by atoms with Crippen LogP contribution in [-0.2, 0) is 9.53 Å². The first kappa shape index (κ1) is 9.97. The van der Waals surface area contributed by atoms with Crippen molar-refractivity contribution in [1.29, 1.82) is 0 Å². The molecule has 0 amide bonds. The maximum absolute atomic E-state index is 11.8. The molecule has 0 aromatic carbocycles. The Morgan fingerprint density at radius 2 is 1.86 bits per heavy atom. The predicted molar refractivity (Wildman–Crippen MR) is 53.8 cm³/mol. The van der Waals surface area contributed by atoms with Gasteiger partial charge in [-0.1, -0.05) is 0 Å². The number of esters is 1. The highest BCUT2D eigenvalue weighted by molar-refractivity contribution is 5.75. The van der Waals surface area contributed by atoms with Gasteiger partial charge >= 0.3 is 5.97 Å². The van der Waals surface area contributed by atoms with E-state index in [1.165, 1.54) is 6.42 Å². The van der Waals surface area contributed by atoms with E-state index in [0.29, 0.717) is 11.8 Å². The van der Waals surface area contributed by atoms with Crippen molar-refractivity contribution in [3.63, 3.8) is 0 Å². The average Bonchev–Trinajstić information content (AvgIpc) is 2.01. The maximum atomic E-state index is 11.8. The summed E-state index contributed by atoms with van der Waals surface area (Å²) in [7, 11) is 0. The molecule has 3 aliphatic rings. The highest BCUT2D eigenvalue weighted by Crippen LogP contribution is 2.43. The molecule has 1 saturated carbocycles. The summed E-state index contributed by atoms with van der Waals surface area (Å²) >= 11 is 0. The molecule has 0 aromatic rings. The van der Waals surface area contributed by atoms with Crippen molar-refractivity contribution in [2.75, 3.05) is 13.1 Å². The van der Waals surface area contributed by atoms with Gasteiger partial charge in [-0.25, -0.2) is 0 Å². The molecular formula is C11H19NO2. The summed E-state index contributed by atoms with van der Waals surface area (Å²) in [6.45, 7) is 7.76. The molecule has 2 bridgehead atoms. The van der Waals surface area contributed by atoms with Crippen molar-refractivity contribution in [2.24, 2.45) is 17.8 Å². The lowest BCUT2D eigenvalue weighted by molar-refractivity contribution is -0.172. The fraction of sp³-hybridized carbons (Fsp3) is 0.909. The van der Waals surface area contributed by atoms with Crippen LogP contribution in [0.1, 0.15) is 27.2 Å². The number of carbonyl (C=O) groups is 1. The zero-order valence-corrected chi connectivity index (χ0v) is 9.17. The molecule has 80 valence electrons. The number of ether oxygens (including phenoxy) is 1. The van der Waals surface area contributed by atoms with Crippen molar-refractivity contribution < 1.29 is 9.53 Å². The fourth-order valence-electron chi connectivity index (χ4n) is 2.50. The van der Waals surface area contributed by atoms with Crippen molar-refractivity contribution in [1.82, 2.24) is 5.32 Å². The van der Waals surface area contributed by atoms with Crippen molar-refractivity contribution in [2.45, 2.75) is 32.8 Å². The minimum absolute atomic E-state index is 0.0141. The van der Waals surface area contributed by atoms with E-state index in [9.17, 15) is 4.79 Å². The third-order valence-corrected chi connectivity index (χ3v) is 3.11. The van der Waals surface area contributed by atoms with E-state index in [-0.39, 0.29) is 17.5 Å². The zero-order valence-electron chi connectivity index (χ0n) is 9.17. The first-order chi connectivity index (χ1) is 6.47. The summed E-state index contributed by atoms with van der Waals surface area (Å²) in [5, 5.41) is 3.32. The Labute approximate surface area is 85.2 Å². The SMILES string of the molecule is CC(C)(C)OC(=O)C1[C@@H]2CNC[C@H]1C2. The van der Waals surface area contributed by atoms with Crippen LogP contribution in [0.25, 0.3) is 0 Å². The Morgan fingerprint density at radius 1 is 1.29 bits per heavy atom. The molecule has 3 heteroatoms. The van der Waals surface area contributed by atoms with Crippen LogP contribution in [0.15, 0.2) is 0 Å². The molecule has 0 aromatic heterocycles. The van der Waals surface area contributed by atoms with Gasteiger partial charge in [0, 0.05) is 0 Å². The molecule has 1 unspecified atom stereocenters. The summed E-state index contributed by atoms with van der Waals surface area (Å²) in [6.07, 6.45) is 1.21. The summed E-state index contributed by atoms with van der Waals surface area (Å²) in [5.74, 6) is 1.25. The molecule has 3 fully saturated rings. The second kappa shape index (κ2) is 3.23. The monoisotopic (exact) mass is 197 g/mol. The third kappa shape index (κ3) is 1.78. The molecule has 2 saturated heterocycles. The van der Waals surface area contributed by atoms with Crippen LogP contribution in [0.2, 0.25) is 0 Å². The molecule has 14 heavy (non-hydrogen) atoms. The average molecular weight is 197 g/mol. The zero-order chi connectivity index (χ0) is 10.3. The van der Waals surface area contributed by atoms with Crippen LogP contribution < -0.4 is 5.32 Å². The second-order valence-corrected chi connectivity index (χ2v) is 5.47. The minimum Gasteiger partial charge on any atom is -0.460 e. The van der Waals surface area contributed by atoms with Crippen LogP contribution in [0.4, 0.5) is 0 Å². The van der Waals surface area contributed by atoms with E-state index in [2.05, 4.69) is 5.32 Å². The van der Waals surface area contributed by atoms with Gasteiger partial charge in [-0.2, -0.15) is 0 Å².